The smallest absolute Gasteiger partial charge is 0.0700 e. The zero-order valence-corrected chi connectivity index (χ0v) is 6.36. The van der Waals surface area contributed by atoms with Crippen LogP contribution in [0.2, 0.25) is 0 Å². The molecule has 0 aromatic heterocycles. The van der Waals surface area contributed by atoms with Crippen molar-refractivity contribution in [1.82, 2.24) is 0 Å². The topological polar surface area (TPSA) is 20.2 Å². The maximum atomic E-state index is 9.14. The van der Waals surface area contributed by atoms with E-state index in [2.05, 4.69) is 11.8 Å². The molecule has 1 heteroatoms. The van der Waals surface area contributed by atoms with E-state index in [-0.39, 0.29) is 0 Å². The van der Waals surface area contributed by atoms with Crippen molar-refractivity contribution in [3.63, 3.8) is 0 Å². The molecular formula is C8H14O. The average Bonchev–Trinajstić information content (AvgIpc) is 1.63. The average molecular weight is 126 g/mol. The molecule has 52 valence electrons. The summed E-state index contributed by atoms with van der Waals surface area (Å²) < 4.78 is 0. The molecule has 0 radical (unpaired) electrons. The molecule has 0 heterocycles. The lowest BCUT2D eigenvalue weighted by atomic mass is 10.1. The standard InChI is InChI=1S/C8H14O/c1-4-5-6-7-8(2,3)9/h9H,4,7H2,1-3H3. The highest BCUT2D eigenvalue weighted by atomic mass is 16.3. The van der Waals surface area contributed by atoms with Crippen LogP contribution in [0.25, 0.3) is 0 Å². The molecule has 0 saturated heterocycles. The summed E-state index contributed by atoms with van der Waals surface area (Å²) in [6.07, 6.45) is 1.44. The van der Waals surface area contributed by atoms with Crippen LogP contribution < -0.4 is 0 Å². The van der Waals surface area contributed by atoms with Gasteiger partial charge in [0.25, 0.3) is 0 Å². The van der Waals surface area contributed by atoms with Crippen LogP contribution in [0.15, 0.2) is 0 Å². The van der Waals surface area contributed by atoms with Crippen molar-refractivity contribution in [2.24, 2.45) is 0 Å². The number of rotatable bonds is 1. The zero-order valence-electron chi connectivity index (χ0n) is 6.36. The van der Waals surface area contributed by atoms with Crippen LogP contribution >= 0.6 is 0 Å². The van der Waals surface area contributed by atoms with Crippen molar-refractivity contribution in [1.29, 1.82) is 0 Å². The molecule has 1 nitrogen and oxygen atoms in total. The predicted octanol–water partition coefficient (Wildman–Crippen LogP) is 1.56. The summed E-state index contributed by atoms with van der Waals surface area (Å²) in [4.78, 5) is 0. The van der Waals surface area contributed by atoms with E-state index in [1.165, 1.54) is 0 Å². The summed E-state index contributed by atoms with van der Waals surface area (Å²) >= 11 is 0. The second kappa shape index (κ2) is 3.53. The fraction of sp³-hybridized carbons (Fsp3) is 0.750. The van der Waals surface area contributed by atoms with E-state index < -0.39 is 5.60 Å². The third-order valence-corrected chi connectivity index (χ3v) is 0.823. The van der Waals surface area contributed by atoms with Crippen molar-refractivity contribution in [3.05, 3.63) is 0 Å². The molecule has 0 amide bonds. The molecule has 0 unspecified atom stereocenters. The third-order valence-electron chi connectivity index (χ3n) is 0.823. The molecule has 0 aliphatic heterocycles. The van der Waals surface area contributed by atoms with Gasteiger partial charge in [0.1, 0.15) is 0 Å². The first kappa shape index (κ1) is 8.52. The minimum Gasteiger partial charge on any atom is -0.389 e. The fourth-order valence-electron chi connectivity index (χ4n) is 0.404. The van der Waals surface area contributed by atoms with E-state index in [0.717, 1.165) is 6.42 Å². The first-order valence-corrected chi connectivity index (χ1v) is 3.24. The van der Waals surface area contributed by atoms with Gasteiger partial charge in [-0.15, -0.1) is 11.8 Å². The van der Waals surface area contributed by atoms with E-state index in [0.29, 0.717) is 6.42 Å². The summed E-state index contributed by atoms with van der Waals surface area (Å²) in [5.41, 5.74) is -0.623. The van der Waals surface area contributed by atoms with Gasteiger partial charge >= 0.3 is 0 Å². The second-order valence-electron chi connectivity index (χ2n) is 2.70. The molecule has 0 bridgehead atoms. The van der Waals surface area contributed by atoms with E-state index in [4.69, 9.17) is 5.11 Å². The largest absolute Gasteiger partial charge is 0.389 e. The van der Waals surface area contributed by atoms with Crippen LogP contribution in [0.4, 0.5) is 0 Å². The minimum atomic E-state index is -0.623. The van der Waals surface area contributed by atoms with Gasteiger partial charge in [-0.05, 0) is 13.8 Å². The summed E-state index contributed by atoms with van der Waals surface area (Å²) in [5.74, 6) is 5.77. The fourth-order valence-corrected chi connectivity index (χ4v) is 0.404. The van der Waals surface area contributed by atoms with Crippen LogP contribution in [0, 0.1) is 11.8 Å². The molecule has 0 fully saturated rings. The maximum Gasteiger partial charge on any atom is 0.0700 e. The van der Waals surface area contributed by atoms with Crippen LogP contribution in [0.1, 0.15) is 33.6 Å². The lowest BCUT2D eigenvalue weighted by Crippen LogP contribution is -2.16. The Hall–Kier alpha value is -0.480. The molecule has 0 rings (SSSR count). The molecule has 0 saturated carbocycles. The van der Waals surface area contributed by atoms with Gasteiger partial charge in [0.2, 0.25) is 0 Å². The third kappa shape index (κ3) is 7.52. The van der Waals surface area contributed by atoms with Gasteiger partial charge in [-0.25, -0.2) is 0 Å². The van der Waals surface area contributed by atoms with Crippen LogP contribution in [-0.2, 0) is 0 Å². The van der Waals surface area contributed by atoms with Gasteiger partial charge in [0.15, 0.2) is 0 Å². The Kier molecular flexibility index (Phi) is 3.34. The zero-order chi connectivity index (χ0) is 7.33. The highest BCUT2D eigenvalue weighted by molar-refractivity contribution is 5.01. The van der Waals surface area contributed by atoms with E-state index in [1.54, 1.807) is 13.8 Å². The lowest BCUT2D eigenvalue weighted by Gasteiger charge is -2.11. The van der Waals surface area contributed by atoms with Crippen molar-refractivity contribution >= 4 is 0 Å². The SMILES string of the molecule is CCC#CCC(C)(C)O. The van der Waals surface area contributed by atoms with Crippen molar-refractivity contribution in [3.8, 4) is 11.8 Å². The van der Waals surface area contributed by atoms with Crippen LogP contribution in [-0.4, -0.2) is 10.7 Å². The van der Waals surface area contributed by atoms with Gasteiger partial charge in [0, 0.05) is 12.8 Å². The van der Waals surface area contributed by atoms with E-state index in [1.807, 2.05) is 6.92 Å². The summed E-state index contributed by atoms with van der Waals surface area (Å²) in [6.45, 7) is 5.52. The van der Waals surface area contributed by atoms with Crippen molar-refractivity contribution < 1.29 is 5.11 Å². The number of hydrogen-bond acceptors (Lipinski definition) is 1. The molecule has 0 aliphatic rings. The van der Waals surface area contributed by atoms with Crippen molar-refractivity contribution in [2.75, 3.05) is 0 Å². The molecule has 0 aliphatic carbocycles. The highest BCUT2D eigenvalue weighted by Crippen LogP contribution is 2.04. The Morgan fingerprint density at radius 3 is 2.22 bits per heavy atom. The van der Waals surface area contributed by atoms with E-state index in [9.17, 15) is 0 Å². The molecule has 0 spiro atoms. The second-order valence-corrected chi connectivity index (χ2v) is 2.70. The van der Waals surface area contributed by atoms with E-state index >= 15 is 0 Å². The Morgan fingerprint density at radius 2 is 1.89 bits per heavy atom. The lowest BCUT2D eigenvalue weighted by molar-refractivity contribution is 0.0862. The van der Waals surface area contributed by atoms with Crippen LogP contribution in [0.3, 0.4) is 0 Å². The molecule has 9 heavy (non-hydrogen) atoms. The van der Waals surface area contributed by atoms with Gasteiger partial charge in [-0.2, -0.15) is 0 Å². The Bertz CT molecular complexity index is 120. The summed E-state index contributed by atoms with van der Waals surface area (Å²) in [5, 5.41) is 9.14. The summed E-state index contributed by atoms with van der Waals surface area (Å²) in [7, 11) is 0. The van der Waals surface area contributed by atoms with Gasteiger partial charge < -0.3 is 5.11 Å². The van der Waals surface area contributed by atoms with Crippen LogP contribution in [0.5, 0.6) is 0 Å². The first-order valence-electron chi connectivity index (χ1n) is 3.24. The van der Waals surface area contributed by atoms with Gasteiger partial charge in [-0.1, -0.05) is 6.92 Å². The molecule has 0 aromatic carbocycles. The quantitative estimate of drug-likeness (QED) is 0.529. The first-order chi connectivity index (χ1) is 4.06. The molecule has 0 aromatic rings. The molecular weight excluding hydrogens is 112 g/mol. The molecule has 0 atom stereocenters. The normalized spacial score (nSPS) is 10.2. The monoisotopic (exact) mass is 126 g/mol. The Morgan fingerprint density at radius 1 is 1.33 bits per heavy atom. The Labute approximate surface area is 57.1 Å². The maximum absolute atomic E-state index is 9.14. The molecule has 1 N–H and O–H groups in total. The number of hydrogen-bond donors (Lipinski definition) is 1. The van der Waals surface area contributed by atoms with Crippen molar-refractivity contribution in [2.45, 2.75) is 39.2 Å². The minimum absolute atomic E-state index is 0.570. The predicted molar refractivity (Wildman–Crippen MR) is 39.0 cm³/mol. The summed E-state index contributed by atoms with van der Waals surface area (Å²) in [6, 6.07) is 0. The van der Waals surface area contributed by atoms with Gasteiger partial charge in [-0.3, -0.25) is 0 Å². The van der Waals surface area contributed by atoms with Gasteiger partial charge in [0.05, 0.1) is 5.60 Å². The Balaban J connectivity index is 3.50. The number of aliphatic hydroxyl groups is 1. The highest BCUT2D eigenvalue weighted by Gasteiger charge is 2.08.